The molecule has 0 atom stereocenters. The van der Waals surface area contributed by atoms with Crippen LogP contribution in [0.4, 0.5) is 0 Å². The molecule has 0 radical (unpaired) electrons. The zero-order valence-electron chi connectivity index (χ0n) is 1.99. The fourth-order valence-electron chi connectivity index (χ4n) is 0. The number of hydrogen-bond donors (Lipinski definition) is 0. The topological polar surface area (TPSA) is 17.1 Å². The summed E-state index contributed by atoms with van der Waals surface area (Å²) >= 11 is 0. The molecule has 0 heterocycles. The van der Waals surface area contributed by atoms with Crippen LogP contribution in [0.5, 0.6) is 0 Å². The maximum atomic E-state index is 8.81. The van der Waals surface area contributed by atoms with E-state index in [2.05, 4.69) is 0 Å². The molecule has 0 aromatic heterocycles. The summed E-state index contributed by atoms with van der Waals surface area (Å²) in [6.07, 6.45) is 0.750. The molecule has 0 aliphatic rings. The SMILES string of the molecule is CC=O.[NaH].[NaH]. The molecule has 1 nitrogen and oxygen atoms in total. The number of carbonyl (C=O) groups excluding carboxylic acids is 1. The van der Waals surface area contributed by atoms with Gasteiger partial charge in [-0.15, -0.1) is 0 Å². The number of hydrogen-bond acceptors (Lipinski definition) is 1. The molecule has 0 saturated heterocycles. The summed E-state index contributed by atoms with van der Waals surface area (Å²) in [4.78, 5) is 8.81. The Morgan fingerprint density at radius 2 is 1.40 bits per heavy atom. The third-order valence-corrected chi connectivity index (χ3v) is 0. The van der Waals surface area contributed by atoms with Gasteiger partial charge in [0.25, 0.3) is 0 Å². The van der Waals surface area contributed by atoms with Crippen molar-refractivity contribution in [3.63, 3.8) is 0 Å². The molecule has 0 aromatic rings. The van der Waals surface area contributed by atoms with E-state index in [0.29, 0.717) is 0 Å². The van der Waals surface area contributed by atoms with Gasteiger partial charge < -0.3 is 4.79 Å². The first kappa shape index (κ1) is 15.9. The van der Waals surface area contributed by atoms with E-state index >= 15 is 0 Å². The van der Waals surface area contributed by atoms with Crippen molar-refractivity contribution >= 4 is 65.4 Å². The van der Waals surface area contributed by atoms with Crippen molar-refractivity contribution in [2.75, 3.05) is 0 Å². The Kier molecular flexibility index (Phi) is 55.2. The zero-order valence-corrected chi connectivity index (χ0v) is 1.99. The Balaban J connectivity index is -0.0000000200. The molecule has 0 aliphatic heterocycles. The Labute approximate surface area is 76.1 Å². The molecular weight excluding hydrogens is 86.0 g/mol. The van der Waals surface area contributed by atoms with Crippen molar-refractivity contribution in [2.24, 2.45) is 0 Å². The third kappa shape index (κ3) is 27.4. The average Bonchev–Trinajstić information content (AvgIpc) is 0.918. The minimum absolute atomic E-state index is 0. The van der Waals surface area contributed by atoms with E-state index in [4.69, 9.17) is 4.79 Å². The number of carbonyl (C=O) groups is 1. The summed E-state index contributed by atoms with van der Waals surface area (Å²) in [6, 6.07) is 0. The summed E-state index contributed by atoms with van der Waals surface area (Å²) in [6.45, 7) is 1.44. The molecule has 0 saturated carbocycles. The first-order valence-electron chi connectivity index (χ1n) is 0.813. The predicted octanol–water partition coefficient (Wildman–Crippen LogP) is -1.09. The van der Waals surface area contributed by atoms with Crippen LogP contribution in [0.2, 0.25) is 0 Å². The van der Waals surface area contributed by atoms with Crippen molar-refractivity contribution < 1.29 is 4.79 Å². The van der Waals surface area contributed by atoms with Gasteiger partial charge in [-0.25, -0.2) is 0 Å². The van der Waals surface area contributed by atoms with Crippen molar-refractivity contribution in [1.82, 2.24) is 0 Å². The monoisotopic (exact) mass is 92.0 g/mol. The molecule has 0 N–H and O–H groups in total. The minimum atomic E-state index is 0. The maximum absolute atomic E-state index is 8.81. The van der Waals surface area contributed by atoms with Gasteiger partial charge in [-0.05, 0) is 6.92 Å². The van der Waals surface area contributed by atoms with E-state index in [9.17, 15) is 0 Å². The van der Waals surface area contributed by atoms with Crippen LogP contribution in [-0.4, -0.2) is 65.4 Å². The number of aldehydes is 1. The molecule has 0 fully saturated rings. The molecule has 0 rings (SSSR count). The van der Waals surface area contributed by atoms with E-state index in [-0.39, 0.29) is 59.1 Å². The Morgan fingerprint density at radius 1 is 1.40 bits per heavy atom. The Bertz CT molecular complexity index is 15.1. The summed E-state index contributed by atoms with van der Waals surface area (Å²) in [5.41, 5.74) is 0. The normalized spacial score (nSPS) is 2.60. The molecule has 0 unspecified atom stereocenters. The van der Waals surface area contributed by atoms with Gasteiger partial charge >= 0.3 is 59.1 Å². The van der Waals surface area contributed by atoms with Crippen LogP contribution < -0.4 is 0 Å². The molecule has 5 heavy (non-hydrogen) atoms. The van der Waals surface area contributed by atoms with Crippen LogP contribution in [0.25, 0.3) is 0 Å². The Hall–Kier alpha value is 1.67. The fraction of sp³-hybridized carbons (Fsp3) is 0.500. The fourth-order valence-corrected chi connectivity index (χ4v) is 0. The van der Waals surface area contributed by atoms with E-state index in [0.717, 1.165) is 6.29 Å². The second kappa shape index (κ2) is 17.3. The van der Waals surface area contributed by atoms with Gasteiger partial charge in [0, 0.05) is 0 Å². The Morgan fingerprint density at radius 3 is 1.40 bits per heavy atom. The van der Waals surface area contributed by atoms with Gasteiger partial charge in [-0.1, -0.05) is 0 Å². The van der Waals surface area contributed by atoms with Crippen molar-refractivity contribution in [2.45, 2.75) is 6.92 Å². The molecule has 0 aliphatic carbocycles. The van der Waals surface area contributed by atoms with Gasteiger partial charge in [-0.3, -0.25) is 0 Å². The van der Waals surface area contributed by atoms with Crippen molar-refractivity contribution in [1.29, 1.82) is 0 Å². The molecule has 0 amide bonds. The van der Waals surface area contributed by atoms with E-state index in [1.165, 1.54) is 6.92 Å². The first-order valence-corrected chi connectivity index (χ1v) is 0.813. The van der Waals surface area contributed by atoms with Crippen LogP contribution >= 0.6 is 0 Å². The van der Waals surface area contributed by atoms with Crippen LogP contribution in [0, 0.1) is 0 Å². The van der Waals surface area contributed by atoms with Crippen LogP contribution in [0.1, 0.15) is 6.92 Å². The molecule has 22 valence electrons. The van der Waals surface area contributed by atoms with Gasteiger partial charge in [-0.2, -0.15) is 0 Å². The van der Waals surface area contributed by atoms with Crippen molar-refractivity contribution in [3.05, 3.63) is 0 Å². The quantitative estimate of drug-likeness (QED) is 0.274. The van der Waals surface area contributed by atoms with Gasteiger partial charge in [0.05, 0.1) is 0 Å². The third-order valence-electron chi connectivity index (χ3n) is 0. The molecule has 0 spiro atoms. The average molecular weight is 92.0 g/mol. The summed E-state index contributed by atoms with van der Waals surface area (Å²) in [7, 11) is 0. The first-order chi connectivity index (χ1) is 1.41. The van der Waals surface area contributed by atoms with Crippen LogP contribution in [0.3, 0.4) is 0 Å². The molecule has 3 heteroatoms. The summed E-state index contributed by atoms with van der Waals surface area (Å²) < 4.78 is 0. The standard InChI is InChI=1S/C2H4O.2Na.2H/c1-2-3;;;;/h2H,1H3;;;;. The zero-order chi connectivity index (χ0) is 2.71. The van der Waals surface area contributed by atoms with Crippen LogP contribution in [-0.2, 0) is 4.79 Å². The molecule has 0 bridgehead atoms. The van der Waals surface area contributed by atoms with Crippen LogP contribution in [0.15, 0.2) is 0 Å². The van der Waals surface area contributed by atoms with E-state index in [1.54, 1.807) is 0 Å². The second-order valence-corrected chi connectivity index (χ2v) is 0.236. The van der Waals surface area contributed by atoms with Gasteiger partial charge in [0.1, 0.15) is 6.29 Å². The molecular formula is C2H6Na2O. The van der Waals surface area contributed by atoms with Gasteiger partial charge in [0.15, 0.2) is 0 Å². The second-order valence-electron chi connectivity index (χ2n) is 0.236. The summed E-state index contributed by atoms with van der Waals surface area (Å²) in [5, 5.41) is 0. The van der Waals surface area contributed by atoms with Crippen molar-refractivity contribution in [3.8, 4) is 0 Å². The van der Waals surface area contributed by atoms with E-state index < -0.39 is 0 Å². The summed E-state index contributed by atoms with van der Waals surface area (Å²) in [5.74, 6) is 0. The number of rotatable bonds is 0. The van der Waals surface area contributed by atoms with Gasteiger partial charge in [0.2, 0.25) is 0 Å². The predicted molar refractivity (Wildman–Crippen MR) is 26.0 cm³/mol. The van der Waals surface area contributed by atoms with E-state index in [1.807, 2.05) is 0 Å². The molecule has 0 aromatic carbocycles.